The highest BCUT2D eigenvalue weighted by atomic mass is 79.9. The maximum atomic E-state index is 10.1. The molecule has 2 atom stereocenters. The molecule has 0 aliphatic rings. The van der Waals surface area contributed by atoms with Crippen LogP contribution in [-0.4, -0.2) is 21.6 Å². The third-order valence-electron chi connectivity index (χ3n) is 2.80. The number of halogens is 1. The Bertz CT molecular complexity index is 340. The zero-order chi connectivity index (χ0) is 12.3. The molecule has 0 aromatic heterocycles. The first-order valence-electron chi connectivity index (χ1n) is 5.47. The van der Waals surface area contributed by atoms with E-state index in [9.17, 15) is 10.2 Å². The van der Waals surface area contributed by atoms with Crippen molar-refractivity contribution in [3.05, 3.63) is 34.4 Å². The molecule has 0 spiro atoms. The van der Waals surface area contributed by atoms with Gasteiger partial charge in [-0.2, -0.15) is 0 Å². The lowest BCUT2D eigenvalue weighted by atomic mass is 9.92. The number of alkyl halides is 1. The first kappa shape index (κ1) is 13.7. The Kier molecular flexibility index (Phi) is 4.96. The lowest BCUT2D eigenvalue weighted by Gasteiger charge is -2.21. The molecule has 0 bridgehead atoms. The number of benzene rings is 1. The molecule has 0 amide bonds. The zero-order valence-corrected chi connectivity index (χ0v) is 11.6. The van der Waals surface area contributed by atoms with Crippen LogP contribution in [0.4, 0.5) is 0 Å². The van der Waals surface area contributed by atoms with Gasteiger partial charge in [-0.25, -0.2) is 0 Å². The standard InChI is InChI=1S/C13H19BrO2/c1-8-6-9(2)12(10(3)7-8)13(16)11(15)4-5-14/h6-7,11,13,15-16H,4-5H2,1-3H3. The van der Waals surface area contributed by atoms with Crippen molar-refractivity contribution >= 4 is 15.9 Å². The Morgan fingerprint density at radius 3 is 2.06 bits per heavy atom. The first-order valence-corrected chi connectivity index (χ1v) is 6.59. The van der Waals surface area contributed by atoms with Crippen LogP contribution in [0.15, 0.2) is 12.1 Å². The molecule has 90 valence electrons. The Hall–Kier alpha value is -0.380. The molecule has 2 N–H and O–H groups in total. The van der Waals surface area contributed by atoms with Crippen LogP contribution < -0.4 is 0 Å². The quantitative estimate of drug-likeness (QED) is 0.836. The third-order valence-corrected chi connectivity index (χ3v) is 3.26. The summed E-state index contributed by atoms with van der Waals surface area (Å²) < 4.78 is 0. The molecule has 0 heterocycles. The van der Waals surface area contributed by atoms with Crippen LogP contribution in [0.2, 0.25) is 0 Å². The molecule has 1 rings (SSSR count). The summed E-state index contributed by atoms with van der Waals surface area (Å²) in [5.74, 6) is 0. The van der Waals surface area contributed by atoms with Gasteiger partial charge >= 0.3 is 0 Å². The van der Waals surface area contributed by atoms with Crippen LogP contribution in [-0.2, 0) is 0 Å². The fraction of sp³-hybridized carbons (Fsp3) is 0.538. The molecule has 0 saturated heterocycles. The Morgan fingerprint density at radius 2 is 1.62 bits per heavy atom. The summed E-state index contributed by atoms with van der Waals surface area (Å²) in [6.45, 7) is 5.98. The van der Waals surface area contributed by atoms with E-state index < -0.39 is 12.2 Å². The van der Waals surface area contributed by atoms with Crippen molar-refractivity contribution < 1.29 is 10.2 Å². The van der Waals surface area contributed by atoms with E-state index in [1.54, 1.807) is 0 Å². The van der Waals surface area contributed by atoms with Crippen molar-refractivity contribution in [3.8, 4) is 0 Å². The largest absolute Gasteiger partial charge is 0.390 e. The second kappa shape index (κ2) is 5.80. The van der Waals surface area contributed by atoms with Gasteiger partial charge in [0.2, 0.25) is 0 Å². The van der Waals surface area contributed by atoms with Crippen LogP contribution in [0, 0.1) is 20.8 Å². The normalized spacial score (nSPS) is 14.9. The molecular weight excluding hydrogens is 268 g/mol. The smallest absolute Gasteiger partial charge is 0.105 e. The fourth-order valence-electron chi connectivity index (χ4n) is 2.12. The molecule has 0 radical (unpaired) electrons. The molecule has 0 saturated carbocycles. The SMILES string of the molecule is Cc1cc(C)c(C(O)C(O)CCBr)c(C)c1. The number of hydrogen-bond acceptors (Lipinski definition) is 2. The summed E-state index contributed by atoms with van der Waals surface area (Å²) in [6.07, 6.45) is -0.953. The van der Waals surface area contributed by atoms with E-state index in [0.717, 1.165) is 16.7 Å². The van der Waals surface area contributed by atoms with Crippen molar-refractivity contribution in [1.29, 1.82) is 0 Å². The van der Waals surface area contributed by atoms with Gasteiger partial charge in [-0.1, -0.05) is 33.6 Å². The van der Waals surface area contributed by atoms with E-state index in [2.05, 4.69) is 15.9 Å². The van der Waals surface area contributed by atoms with Crippen molar-refractivity contribution in [2.75, 3.05) is 5.33 Å². The second-order valence-electron chi connectivity index (χ2n) is 4.30. The number of aryl methyl sites for hydroxylation is 3. The van der Waals surface area contributed by atoms with Crippen LogP contribution in [0.1, 0.15) is 34.8 Å². The van der Waals surface area contributed by atoms with E-state index >= 15 is 0 Å². The van der Waals surface area contributed by atoms with Gasteiger partial charge in [0.15, 0.2) is 0 Å². The molecule has 1 aromatic carbocycles. The molecule has 2 nitrogen and oxygen atoms in total. The van der Waals surface area contributed by atoms with Crippen LogP contribution in [0.25, 0.3) is 0 Å². The van der Waals surface area contributed by atoms with Gasteiger partial charge in [-0.3, -0.25) is 0 Å². The summed E-state index contributed by atoms with van der Waals surface area (Å²) in [7, 11) is 0. The summed E-state index contributed by atoms with van der Waals surface area (Å²) in [6, 6.07) is 4.07. The van der Waals surface area contributed by atoms with Crippen molar-refractivity contribution in [3.63, 3.8) is 0 Å². The van der Waals surface area contributed by atoms with Crippen molar-refractivity contribution in [2.24, 2.45) is 0 Å². The number of rotatable bonds is 4. The maximum absolute atomic E-state index is 10.1. The fourth-order valence-corrected chi connectivity index (χ4v) is 2.59. The van der Waals surface area contributed by atoms with Crippen LogP contribution >= 0.6 is 15.9 Å². The molecule has 16 heavy (non-hydrogen) atoms. The minimum Gasteiger partial charge on any atom is -0.390 e. The summed E-state index contributed by atoms with van der Waals surface area (Å²) in [4.78, 5) is 0. The van der Waals surface area contributed by atoms with E-state index in [-0.39, 0.29) is 0 Å². The monoisotopic (exact) mass is 286 g/mol. The summed E-state index contributed by atoms with van der Waals surface area (Å²) >= 11 is 3.27. The average molecular weight is 287 g/mol. The topological polar surface area (TPSA) is 40.5 Å². The van der Waals surface area contributed by atoms with Crippen LogP contribution in [0.5, 0.6) is 0 Å². The highest BCUT2D eigenvalue weighted by Crippen LogP contribution is 2.27. The predicted octanol–water partition coefficient (Wildman–Crippen LogP) is 2.79. The van der Waals surface area contributed by atoms with Gasteiger partial charge in [-0.15, -0.1) is 0 Å². The van der Waals surface area contributed by atoms with Gasteiger partial charge in [0.05, 0.1) is 6.10 Å². The Morgan fingerprint density at radius 1 is 1.12 bits per heavy atom. The molecule has 0 aliphatic heterocycles. The van der Waals surface area contributed by atoms with Gasteiger partial charge in [0, 0.05) is 5.33 Å². The number of aliphatic hydroxyl groups is 2. The molecule has 0 aliphatic carbocycles. The van der Waals surface area contributed by atoms with Gasteiger partial charge in [0.1, 0.15) is 6.10 Å². The molecule has 1 aromatic rings. The first-order chi connectivity index (χ1) is 7.47. The third kappa shape index (κ3) is 3.06. The van der Waals surface area contributed by atoms with E-state index in [1.165, 1.54) is 5.56 Å². The average Bonchev–Trinajstić information content (AvgIpc) is 2.16. The molecule has 0 fully saturated rings. The van der Waals surface area contributed by atoms with Crippen molar-refractivity contribution in [1.82, 2.24) is 0 Å². The number of hydrogen-bond donors (Lipinski definition) is 2. The Labute approximate surface area is 105 Å². The van der Waals surface area contributed by atoms with Gasteiger partial charge in [-0.05, 0) is 43.9 Å². The highest BCUT2D eigenvalue weighted by Gasteiger charge is 2.21. The van der Waals surface area contributed by atoms with Gasteiger partial charge in [0.25, 0.3) is 0 Å². The molecular formula is C13H19BrO2. The van der Waals surface area contributed by atoms with Gasteiger partial charge < -0.3 is 10.2 Å². The predicted molar refractivity (Wildman–Crippen MR) is 70.0 cm³/mol. The maximum Gasteiger partial charge on any atom is 0.105 e. The lowest BCUT2D eigenvalue weighted by molar-refractivity contribution is 0.0166. The summed E-state index contributed by atoms with van der Waals surface area (Å²) in [5.41, 5.74) is 4.12. The number of aliphatic hydroxyl groups excluding tert-OH is 2. The minimum atomic E-state index is -0.793. The van der Waals surface area contributed by atoms with Crippen LogP contribution in [0.3, 0.4) is 0 Å². The zero-order valence-electron chi connectivity index (χ0n) is 10.00. The lowest BCUT2D eigenvalue weighted by Crippen LogP contribution is -2.20. The second-order valence-corrected chi connectivity index (χ2v) is 5.10. The van der Waals surface area contributed by atoms with E-state index in [1.807, 2.05) is 32.9 Å². The minimum absolute atomic E-state index is 0.550. The van der Waals surface area contributed by atoms with E-state index in [0.29, 0.717) is 11.8 Å². The summed E-state index contributed by atoms with van der Waals surface area (Å²) in [5, 5.41) is 20.6. The highest BCUT2D eigenvalue weighted by molar-refractivity contribution is 9.09. The van der Waals surface area contributed by atoms with Crippen molar-refractivity contribution in [2.45, 2.75) is 39.4 Å². The van der Waals surface area contributed by atoms with E-state index in [4.69, 9.17) is 0 Å². The molecule has 2 unspecified atom stereocenters. The Balaban J connectivity index is 3.03. The molecule has 3 heteroatoms.